The molecule has 2 N–H and O–H groups in total. The molecule has 1 fully saturated rings. The van der Waals surface area contributed by atoms with Gasteiger partial charge in [-0.05, 0) is 42.8 Å². The predicted molar refractivity (Wildman–Crippen MR) is 109 cm³/mol. The SMILES string of the molecule is CC1(c2ccc(OC(F)F)cc2)NC(=O)N(CC(O)COc2ccc(Cl)cc2Cl)C1=O. The van der Waals surface area contributed by atoms with Gasteiger partial charge < -0.3 is 19.9 Å². The first-order valence-corrected chi connectivity index (χ1v) is 9.81. The quantitative estimate of drug-likeness (QED) is 0.568. The number of rotatable bonds is 8. The molecule has 1 aliphatic heterocycles. The minimum Gasteiger partial charge on any atom is -0.489 e. The van der Waals surface area contributed by atoms with E-state index >= 15 is 0 Å². The van der Waals surface area contributed by atoms with Crippen molar-refractivity contribution in [3.63, 3.8) is 0 Å². The third-order valence-electron chi connectivity index (χ3n) is 4.65. The van der Waals surface area contributed by atoms with Crippen LogP contribution >= 0.6 is 23.2 Å². The van der Waals surface area contributed by atoms with Gasteiger partial charge in [-0.15, -0.1) is 0 Å². The van der Waals surface area contributed by atoms with Crippen molar-refractivity contribution in [1.29, 1.82) is 0 Å². The highest BCUT2D eigenvalue weighted by Crippen LogP contribution is 2.31. The number of aliphatic hydroxyl groups is 1. The Labute approximate surface area is 186 Å². The van der Waals surface area contributed by atoms with Crippen LogP contribution in [0.15, 0.2) is 42.5 Å². The summed E-state index contributed by atoms with van der Waals surface area (Å²) < 4.78 is 34.3. The molecule has 0 aliphatic carbocycles. The number of alkyl halides is 2. The Bertz CT molecular complexity index is 977. The van der Waals surface area contributed by atoms with Crippen LogP contribution in [0.5, 0.6) is 11.5 Å². The molecule has 7 nitrogen and oxygen atoms in total. The number of hydrogen-bond acceptors (Lipinski definition) is 5. The molecule has 0 radical (unpaired) electrons. The number of urea groups is 1. The lowest BCUT2D eigenvalue weighted by molar-refractivity contribution is -0.132. The van der Waals surface area contributed by atoms with Crippen molar-refractivity contribution >= 4 is 35.1 Å². The first kappa shape index (κ1) is 23.1. The highest BCUT2D eigenvalue weighted by Gasteiger charge is 2.49. The van der Waals surface area contributed by atoms with Crippen LogP contribution in [-0.2, 0) is 10.3 Å². The summed E-state index contributed by atoms with van der Waals surface area (Å²) in [6.07, 6.45) is -1.19. The maximum atomic E-state index is 12.9. The molecule has 1 saturated heterocycles. The Morgan fingerprint density at radius 2 is 1.84 bits per heavy atom. The van der Waals surface area contributed by atoms with Gasteiger partial charge >= 0.3 is 12.6 Å². The minimum absolute atomic E-state index is 0.0793. The summed E-state index contributed by atoms with van der Waals surface area (Å²) in [5.74, 6) is -0.397. The molecule has 3 amide bonds. The second-order valence-corrected chi connectivity index (χ2v) is 7.76. The van der Waals surface area contributed by atoms with Crippen molar-refractivity contribution < 1.29 is 33.0 Å². The van der Waals surface area contributed by atoms with Crippen LogP contribution < -0.4 is 14.8 Å². The second-order valence-electron chi connectivity index (χ2n) is 6.91. The van der Waals surface area contributed by atoms with Crippen LogP contribution in [-0.4, -0.2) is 47.8 Å². The maximum absolute atomic E-state index is 12.9. The summed E-state index contributed by atoms with van der Waals surface area (Å²) in [6, 6.07) is 9.22. The fourth-order valence-corrected chi connectivity index (χ4v) is 3.53. The highest BCUT2D eigenvalue weighted by molar-refractivity contribution is 6.35. The molecule has 0 spiro atoms. The predicted octanol–water partition coefficient (Wildman–Crippen LogP) is 3.80. The number of halogens is 4. The Hall–Kier alpha value is -2.62. The number of benzene rings is 2. The molecule has 31 heavy (non-hydrogen) atoms. The molecule has 1 heterocycles. The van der Waals surface area contributed by atoms with Crippen molar-refractivity contribution in [2.24, 2.45) is 0 Å². The molecule has 2 aromatic carbocycles. The van der Waals surface area contributed by atoms with E-state index in [4.69, 9.17) is 27.9 Å². The number of carbonyl (C=O) groups excluding carboxylic acids is 2. The minimum atomic E-state index is -2.98. The third-order valence-corrected chi connectivity index (χ3v) is 5.18. The third kappa shape index (κ3) is 5.17. The van der Waals surface area contributed by atoms with E-state index in [0.717, 1.165) is 4.90 Å². The normalized spacial score (nSPS) is 19.5. The van der Waals surface area contributed by atoms with Gasteiger partial charge in [-0.25, -0.2) is 4.79 Å². The Morgan fingerprint density at radius 1 is 1.16 bits per heavy atom. The number of carbonyl (C=O) groups is 2. The van der Waals surface area contributed by atoms with Gasteiger partial charge in [-0.2, -0.15) is 8.78 Å². The summed E-state index contributed by atoms with van der Waals surface area (Å²) in [4.78, 5) is 26.1. The topological polar surface area (TPSA) is 88.1 Å². The molecule has 166 valence electrons. The maximum Gasteiger partial charge on any atom is 0.387 e. The molecular weight excluding hydrogens is 457 g/mol. The van der Waals surface area contributed by atoms with Crippen molar-refractivity contribution in [2.75, 3.05) is 13.2 Å². The lowest BCUT2D eigenvalue weighted by atomic mass is 9.92. The van der Waals surface area contributed by atoms with Gasteiger partial charge in [-0.3, -0.25) is 9.69 Å². The highest BCUT2D eigenvalue weighted by atomic mass is 35.5. The lowest BCUT2D eigenvalue weighted by Crippen LogP contribution is -2.42. The van der Waals surface area contributed by atoms with Crippen molar-refractivity contribution in [3.8, 4) is 11.5 Å². The molecule has 0 bridgehead atoms. The Balaban J connectivity index is 1.65. The van der Waals surface area contributed by atoms with Gasteiger partial charge in [0.2, 0.25) is 0 Å². The smallest absolute Gasteiger partial charge is 0.387 e. The molecule has 0 saturated carbocycles. The summed E-state index contributed by atoms with van der Waals surface area (Å²) in [7, 11) is 0. The van der Waals surface area contributed by atoms with Gasteiger partial charge in [0.1, 0.15) is 29.7 Å². The molecule has 2 atom stereocenters. The van der Waals surface area contributed by atoms with Gasteiger partial charge in [0.15, 0.2) is 0 Å². The summed E-state index contributed by atoms with van der Waals surface area (Å²) in [6.45, 7) is -2.05. The summed E-state index contributed by atoms with van der Waals surface area (Å²) in [5, 5.41) is 13.5. The molecule has 11 heteroatoms. The van der Waals surface area contributed by atoms with Crippen LogP contribution in [0.2, 0.25) is 10.0 Å². The van der Waals surface area contributed by atoms with Gasteiger partial charge in [0.25, 0.3) is 5.91 Å². The number of aliphatic hydroxyl groups excluding tert-OH is 1. The Kier molecular flexibility index (Phi) is 6.88. The molecule has 2 unspecified atom stereocenters. The fraction of sp³-hybridized carbons (Fsp3) is 0.300. The number of imide groups is 1. The van der Waals surface area contributed by atoms with Crippen molar-refractivity contribution in [1.82, 2.24) is 10.2 Å². The van der Waals surface area contributed by atoms with Gasteiger partial charge in [0, 0.05) is 5.02 Å². The lowest BCUT2D eigenvalue weighted by Gasteiger charge is -2.23. The Morgan fingerprint density at radius 3 is 2.45 bits per heavy atom. The molecule has 1 aliphatic rings. The van der Waals surface area contributed by atoms with E-state index in [1.54, 1.807) is 6.07 Å². The average Bonchev–Trinajstić information content (AvgIpc) is 2.91. The van der Waals surface area contributed by atoms with Gasteiger partial charge in [0.05, 0.1) is 11.6 Å². The van der Waals surface area contributed by atoms with E-state index in [2.05, 4.69) is 10.1 Å². The standard InChI is InChI=1S/C20H18Cl2F2N2O5/c1-20(11-2-5-14(6-3-11)31-18(23)24)17(28)26(19(29)25-20)9-13(27)10-30-16-7-4-12(21)8-15(16)22/h2-8,13,18,27H,9-10H2,1H3,(H,25,29). The summed E-state index contributed by atoms with van der Waals surface area (Å²) in [5.41, 5.74) is -1.06. The van der Waals surface area contributed by atoms with Crippen LogP contribution in [0.1, 0.15) is 12.5 Å². The van der Waals surface area contributed by atoms with E-state index in [9.17, 15) is 23.5 Å². The van der Waals surface area contributed by atoms with E-state index < -0.39 is 30.2 Å². The second kappa shape index (κ2) is 9.25. The summed E-state index contributed by atoms with van der Waals surface area (Å²) >= 11 is 11.8. The zero-order valence-corrected chi connectivity index (χ0v) is 17.7. The monoisotopic (exact) mass is 474 g/mol. The number of ether oxygens (including phenoxy) is 2. The van der Waals surface area contributed by atoms with Crippen LogP contribution in [0.4, 0.5) is 13.6 Å². The number of nitrogens with one attached hydrogen (secondary N) is 1. The number of nitrogens with zero attached hydrogens (tertiary/aromatic N) is 1. The zero-order chi connectivity index (χ0) is 22.8. The number of β-amino-alcohol motifs (C(OH)–C–C–N with tert-alkyl or cyclic N) is 1. The van der Waals surface area contributed by atoms with E-state index in [0.29, 0.717) is 16.3 Å². The van der Waals surface area contributed by atoms with Crippen molar-refractivity contribution in [3.05, 3.63) is 58.1 Å². The van der Waals surface area contributed by atoms with Crippen molar-refractivity contribution in [2.45, 2.75) is 25.2 Å². The van der Waals surface area contributed by atoms with Gasteiger partial charge in [-0.1, -0.05) is 35.3 Å². The van der Waals surface area contributed by atoms with Crippen LogP contribution in [0.25, 0.3) is 0 Å². The van der Waals surface area contributed by atoms with E-state index in [-0.39, 0.29) is 23.9 Å². The number of amides is 3. The van der Waals surface area contributed by atoms with E-state index in [1.807, 2.05) is 0 Å². The molecular formula is C20H18Cl2F2N2O5. The molecule has 0 aromatic heterocycles. The first-order valence-electron chi connectivity index (χ1n) is 9.05. The van der Waals surface area contributed by atoms with Crippen LogP contribution in [0, 0.1) is 0 Å². The zero-order valence-electron chi connectivity index (χ0n) is 16.1. The number of hydrogen-bond donors (Lipinski definition) is 2. The molecule has 2 aromatic rings. The van der Waals surface area contributed by atoms with E-state index in [1.165, 1.54) is 43.3 Å². The average molecular weight is 475 g/mol. The van der Waals surface area contributed by atoms with Crippen LogP contribution in [0.3, 0.4) is 0 Å². The largest absolute Gasteiger partial charge is 0.489 e. The molecule has 3 rings (SSSR count). The fourth-order valence-electron chi connectivity index (χ4n) is 3.07. The first-order chi connectivity index (χ1) is 14.6.